The van der Waals surface area contributed by atoms with Crippen LogP contribution in [0.1, 0.15) is 43.2 Å². The van der Waals surface area contributed by atoms with E-state index in [1.165, 1.54) is 0 Å². The van der Waals surface area contributed by atoms with Gasteiger partial charge in [0.25, 0.3) is 0 Å². The van der Waals surface area contributed by atoms with Crippen LogP contribution in [0.3, 0.4) is 0 Å². The molecule has 0 aromatic heterocycles. The lowest BCUT2D eigenvalue weighted by atomic mass is 9.66. The van der Waals surface area contributed by atoms with Crippen molar-refractivity contribution in [1.82, 2.24) is 10.2 Å². The van der Waals surface area contributed by atoms with Gasteiger partial charge in [-0.15, -0.1) is 0 Å². The molecule has 0 saturated carbocycles. The average Bonchev–Trinajstić information content (AvgIpc) is 2.84. The molecule has 2 unspecified atom stereocenters. The number of rotatable bonds is 8. The fourth-order valence-corrected chi connectivity index (χ4v) is 5.33. The van der Waals surface area contributed by atoms with Crippen molar-refractivity contribution >= 4 is 35.2 Å². The Balaban J connectivity index is 1.53. The van der Waals surface area contributed by atoms with Gasteiger partial charge in [0, 0.05) is 29.2 Å². The smallest absolute Gasteiger partial charge is 0.411 e. The lowest BCUT2D eigenvalue weighted by Gasteiger charge is -2.46. The Kier molecular flexibility index (Phi) is 8.16. The van der Waals surface area contributed by atoms with Crippen LogP contribution in [0.4, 0.5) is 10.5 Å². The van der Waals surface area contributed by atoms with Crippen molar-refractivity contribution in [3.8, 4) is 0 Å². The quantitative estimate of drug-likeness (QED) is 0.499. The summed E-state index contributed by atoms with van der Waals surface area (Å²) in [6, 6.07) is 14.5. The molecule has 2 atom stereocenters. The van der Waals surface area contributed by atoms with Crippen LogP contribution in [0.2, 0.25) is 5.02 Å². The molecule has 0 aliphatic carbocycles. The summed E-state index contributed by atoms with van der Waals surface area (Å²) in [5.41, 5.74) is 7.53. The second-order valence-corrected chi connectivity index (χ2v) is 10.00. The molecule has 4 N–H and O–H groups in total. The van der Waals surface area contributed by atoms with Gasteiger partial charge in [0.05, 0.1) is 12.0 Å². The molecule has 2 aromatic carbocycles. The molecule has 3 amide bonds. The SMILES string of the molecule is CCc1ccc(NC(=O)OCC2(C(C(N)=O)c3ccccc3Cl)CCN(C(=O)C3CCN3)CC2)cc1. The Morgan fingerprint density at radius 1 is 1.17 bits per heavy atom. The van der Waals surface area contributed by atoms with Crippen molar-refractivity contribution in [3.63, 3.8) is 0 Å². The Morgan fingerprint density at radius 2 is 1.83 bits per heavy atom. The number of piperidine rings is 1. The summed E-state index contributed by atoms with van der Waals surface area (Å²) in [6.45, 7) is 3.75. The highest BCUT2D eigenvalue weighted by Gasteiger charge is 2.48. The Morgan fingerprint density at radius 3 is 2.39 bits per heavy atom. The van der Waals surface area contributed by atoms with Gasteiger partial charge in [-0.05, 0) is 61.6 Å². The van der Waals surface area contributed by atoms with Crippen molar-refractivity contribution in [3.05, 3.63) is 64.7 Å². The summed E-state index contributed by atoms with van der Waals surface area (Å²) >= 11 is 6.49. The van der Waals surface area contributed by atoms with Crippen LogP contribution in [-0.4, -0.2) is 55.1 Å². The number of hydrogen-bond donors (Lipinski definition) is 3. The van der Waals surface area contributed by atoms with E-state index in [1.807, 2.05) is 29.2 Å². The minimum atomic E-state index is -0.802. The number of benzene rings is 2. The molecule has 8 nitrogen and oxygen atoms in total. The van der Waals surface area contributed by atoms with Crippen LogP contribution in [0.15, 0.2) is 48.5 Å². The van der Waals surface area contributed by atoms with Gasteiger partial charge < -0.3 is 20.7 Å². The molecule has 2 aromatic rings. The standard InChI is InChI=1S/C27H33ClN4O4/c1-2-18-7-9-19(10-8-18)31-26(35)36-17-27(23(24(29)33)20-5-3-4-6-21(20)28)12-15-32(16-13-27)25(34)22-11-14-30-22/h3-10,22-23,30H,2,11-17H2,1H3,(H2,29,33)(H,31,35). The Labute approximate surface area is 216 Å². The number of amides is 3. The number of nitrogens with two attached hydrogens (primary N) is 1. The first-order valence-corrected chi connectivity index (χ1v) is 12.8. The summed E-state index contributed by atoms with van der Waals surface area (Å²) in [5.74, 6) is -1.25. The molecule has 192 valence electrons. The van der Waals surface area contributed by atoms with E-state index in [-0.39, 0.29) is 18.6 Å². The van der Waals surface area contributed by atoms with Crippen LogP contribution in [0.5, 0.6) is 0 Å². The number of ether oxygens (including phenoxy) is 1. The molecule has 0 radical (unpaired) electrons. The van der Waals surface area contributed by atoms with Crippen molar-refractivity contribution in [2.75, 3.05) is 31.6 Å². The van der Waals surface area contributed by atoms with E-state index < -0.39 is 23.3 Å². The molecule has 9 heteroatoms. The number of likely N-dealkylation sites (tertiary alicyclic amines) is 1. The number of halogens is 1. The maximum atomic E-state index is 12.8. The minimum Gasteiger partial charge on any atom is -0.449 e. The topological polar surface area (TPSA) is 114 Å². The monoisotopic (exact) mass is 512 g/mol. The van der Waals surface area contributed by atoms with E-state index in [4.69, 9.17) is 22.1 Å². The highest BCUT2D eigenvalue weighted by Crippen LogP contribution is 2.46. The number of anilines is 1. The zero-order valence-electron chi connectivity index (χ0n) is 20.5. The number of carbonyl (C=O) groups is 3. The zero-order chi connectivity index (χ0) is 25.7. The van der Waals surface area contributed by atoms with E-state index in [2.05, 4.69) is 17.6 Å². The lowest BCUT2D eigenvalue weighted by Crippen LogP contribution is -2.58. The van der Waals surface area contributed by atoms with Crippen LogP contribution >= 0.6 is 11.6 Å². The van der Waals surface area contributed by atoms with Gasteiger partial charge in [0.1, 0.15) is 6.61 Å². The molecule has 36 heavy (non-hydrogen) atoms. The molecule has 0 bridgehead atoms. The van der Waals surface area contributed by atoms with Crippen molar-refractivity contribution in [1.29, 1.82) is 0 Å². The number of primary amides is 1. The number of nitrogens with one attached hydrogen (secondary N) is 2. The van der Waals surface area contributed by atoms with Gasteiger partial charge in [0.15, 0.2) is 0 Å². The van der Waals surface area contributed by atoms with E-state index in [9.17, 15) is 14.4 Å². The maximum Gasteiger partial charge on any atom is 0.411 e. The van der Waals surface area contributed by atoms with Gasteiger partial charge in [0.2, 0.25) is 11.8 Å². The first-order valence-electron chi connectivity index (χ1n) is 12.4. The average molecular weight is 513 g/mol. The third-order valence-electron chi connectivity index (χ3n) is 7.41. The molecule has 2 aliphatic heterocycles. The van der Waals surface area contributed by atoms with Gasteiger partial charge in [-0.25, -0.2) is 4.79 Å². The van der Waals surface area contributed by atoms with Crippen LogP contribution in [0, 0.1) is 5.41 Å². The van der Waals surface area contributed by atoms with Crippen LogP contribution in [-0.2, 0) is 20.7 Å². The van der Waals surface area contributed by atoms with Crippen molar-refractivity contribution in [2.45, 2.75) is 44.6 Å². The van der Waals surface area contributed by atoms with Crippen molar-refractivity contribution in [2.24, 2.45) is 11.1 Å². The minimum absolute atomic E-state index is 0.0333. The van der Waals surface area contributed by atoms with Gasteiger partial charge >= 0.3 is 6.09 Å². The second kappa shape index (κ2) is 11.3. The van der Waals surface area contributed by atoms with Gasteiger partial charge in [-0.3, -0.25) is 14.9 Å². The second-order valence-electron chi connectivity index (χ2n) is 9.59. The molecule has 2 heterocycles. The van der Waals surface area contributed by atoms with Crippen molar-refractivity contribution < 1.29 is 19.1 Å². The van der Waals surface area contributed by atoms with E-state index in [0.29, 0.717) is 42.2 Å². The van der Waals surface area contributed by atoms with E-state index >= 15 is 0 Å². The Bertz CT molecular complexity index is 1100. The fourth-order valence-electron chi connectivity index (χ4n) is 5.09. The lowest BCUT2D eigenvalue weighted by molar-refractivity contribution is -0.139. The Hall–Kier alpha value is -3.10. The van der Waals surface area contributed by atoms with E-state index in [0.717, 1.165) is 24.9 Å². The highest BCUT2D eigenvalue weighted by molar-refractivity contribution is 6.31. The molecule has 2 saturated heterocycles. The molecular formula is C27H33ClN4O4. The summed E-state index contributed by atoms with van der Waals surface area (Å²) in [6.07, 6.45) is 2.01. The van der Waals surface area contributed by atoms with E-state index in [1.54, 1.807) is 24.3 Å². The predicted octanol–water partition coefficient (Wildman–Crippen LogP) is 3.69. The van der Waals surface area contributed by atoms with Gasteiger partial charge in [-0.2, -0.15) is 0 Å². The number of nitrogens with zero attached hydrogens (tertiary/aromatic N) is 1. The van der Waals surface area contributed by atoms with Crippen LogP contribution < -0.4 is 16.4 Å². The summed E-state index contributed by atoms with van der Waals surface area (Å²) < 4.78 is 5.70. The molecular weight excluding hydrogens is 480 g/mol. The predicted molar refractivity (Wildman–Crippen MR) is 139 cm³/mol. The third kappa shape index (κ3) is 5.65. The molecule has 2 aliphatic rings. The molecule has 2 fully saturated rings. The first kappa shape index (κ1) is 26.0. The molecule has 4 rings (SSSR count). The maximum absolute atomic E-state index is 12.8. The normalized spacial score (nSPS) is 19.6. The van der Waals surface area contributed by atoms with Crippen LogP contribution in [0.25, 0.3) is 0 Å². The largest absolute Gasteiger partial charge is 0.449 e. The fraction of sp³-hybridized carbons (Fsp3) is 0.444. The molecule has 0 spiro atoms. The first-order chi connectivity index (χ1) is 17.3. The summed E-state index contributed by atoms with van der Waals surface area (Å²) in [4.78, 5) is 40.2. The zero-order valence-corrected chi connectivity index (χ0v) is 21.2. The number of aryl methyl sites for hydroxylation is 1. The number of carbonyl (C=O) groups excluding carboxylic acids is 3. The highest BCUT2D eigenvalue weighted by atomic mass is 35.5. The third-order valence-corrected chi connectivity index (χ3v) is 7.75. The summed E-state index contributed by atoms with van der Waals surface area (Å²) in [5, 5.41) is 6.33. The number of hydrogen-bond acceptors (Lipinski definition) is 5. The summed E-state index contributed by atoms with van der Waals surface area (Å²) in [7, 11) is 0. The van der Waals surface area contributed by atoms with Gasteiger partial charge in [-0.1, -0.05) is 48.9 Å².